The highest BCUT2D eigenvalue weighted by molar-refractivity contribution is 5.02. The van der Waals surface area contributed by atoms with Gasteiger partial charge in [0.25, 0.3) is 5.56 Å². The molecule has 0 N–H and O–H groups in total. The highest BCUT2D eigenvalue weighted by Crippen LogP contribution is 2.20. The fourth-order valence-electron chi connectivity index (χ4n) is 3.58. The van der Waals surface area contributed by atoms with Gasteiger partial charge in [0.15, 0.2) is 0 Å². The first-order valence-corrected chi connectivity index (χ1v) is 8.71. The summed E-state index contributed by atoms with van der Waals surface area (Å²) in [6, 6.07) is 1.57. The minimum Gasteiger partial charge on any atom is -0.299 e. The van der Waals surface area contributed by atoms with Crippen molar-refractivity contribution in [2.24, 2.45) is 20.0 Å². The summed E-state index contributed by atoms with van der Waals surface area (Å²) in [5.74, 6) is 2.25. The summed E-state index contributed by atoms with van der Waals surface area (Å²) in [5.41, 5.74) is 0.242. The number of likely N-dealkylation sites (tertiary alicyclic amines) is 1. The van der Waals surface area contributed by atoms with Crippen LogP contribution >= 0.6 is 0 Å². The van der Waals surface area contributed by atoms with Crippen LogP contribution in [0.1, 0.15) is 30.2 Å². The zero-order chi connectivity index (χ0) is 18.1. The van der Waals surface area contributed by atoms with Gasteiger partial charge in [-0.25, -0.2) is 14.5 Å². The summed E-state index contributed by atoms with van der Waals surface area (Å²) >= 11 is 0. The van der Waals surface area contributed by atoms with E-state index in [-0.39, 0.29) is 11.2 Å². The highest BCUT2D eigenvalue weighted by Gasteiger charge is 2.22. The van der Waals surface area contributed by atoms with Crippen molar-refractivity contribution >= 4 is 0 Å². The van der Waals surface area contributed by atoms with E-state index in [9.17, 15) is 9.59 Å². The fourth-order valence-corrected chi connectivity index (χ4v) is 3.58. The molecule has 3 heterocycles. The minimum absolute atomic E-state index is 0.250. The standard InChI is InChI=1S/C17H26N6O2/c1-12-18-13(2)23(19-12)10-14-6-5-7-22(9-14)11-15-8-16(24)21(4)17(25)20(15)3/h8,14H,5-7,9-11H2,1-4H3. The third kappa shape index (κ3) is 3.73. The number of piperidine rings is 1. The van der Waals surface area contributed by atoms with Gasteiger partial charge in [0.05, 0.1) is 0 Å². The molecule has 0 bridgehead atoms. The summed E-state index contributed by atoms with van der Waals surface area (Å²) in [6.07, 6.45) is 2.26. The Morgan fingerprint density at radius 3 is 2.64 bits per heavy atom. The van der Waals surface area contributed by atoms with Gasteiger partial charge >= 0.3 is 5.69 Å². The fraction of sp³-hybridized carbons (Fsp3) is 0.647. The molecule has 25 heavy (non-hydrogen) atoms. The Labute approximate surface area is 146 Å². The van der Waals surface area contributed by atoms with E-state index in [1.54, 1.807) is 17.7 Å². The molecule has 3 rings (SSSR count). The van der Waals surface area contributed by atoms with Crippen molar-refractivity contribution in [3.63, 3.8) is 0 Å². The van der Waals surface area contributed by atoms with E-state index in [0.717, 1.165) is 54.4 Å². The lowest BCUT2D eigenvalue weighted by Gasteiger charge is -2.33. The Morgan fingerprint density at radius 1 is 1.20 bits per heavy atom. The van der Waals surface area contributed by atoms with E-state index in [4.69, 9.17) is 0 Å². The van der Waals surface area contributed by atoms with E-state index < -0.39 is 0 Å². The quantitative estimate of drug-likeness (QED) is 0.791. The lowest BCUT2D eigenvalue weighted by atomic mass is 9.98. The van der Waals surface area contributed by atoms with Crippen molar-refractivity contribution in [1.29, 1.82) is 0 Å². The van der Waals surface area contributed by atoms with Crippen LogP contribution in [0, 0.1) is 19.8 Å². The maximum Gasteiger partial charge on any atom is 0.330 e. The van der Waals surface area contributed by atoms with Crippen molar-refractivity contribution in [3.8, 4) is 0 Å². The topological polar surface area (TPSA) is 78.0 Å². The second kappa shape index (κ2) is 6.95. The van der Waals surface area contributed by atoms with Gasteiger partial charge in [0, 0.05) is 45.5 Å². The first-order chi connectivity index (χ1) is 11.8. The zero-order valence-corrected chi connectivity index (χ0v) is 15.4. The van der Waals surface area contributed by atoms with Crippen LogP contribution in [0.5, 0.6) is 0 Å². The molecule has 1 fully saturated rings. The average Bonchev–Trinajstić information content (AvgIpc) is 2.88. The number of aromatic nitrogens is 5. The molecule has 0 aromatic carbocycles. The molecule has 1 aliphatic heterocycles. The number of nitrogens with zero attached hydrogens (tertiary/aromatic N) is 6. The summed E-state index contributed by atoms with van der Waals surface area (Å²) < 4.78 is 4.69. The van der Waals surface area contributed by atoms with E-state index in [1.165, 1.54) is 7.05 Å². The van der Waals surface area contributed by atoms with Crippen LogP contribution in [0.25, 0.3) is 0 Å². The number of hydrogen-bond donors (Lipinski definition) is 0. The zero-order valence-electron chi connectivity index (χ0n) is 15.4. The van der Waals surface area contributed by atoms with Gasteiger partial charge in [-0.05, 0) is 39.2 Å². The van der Waals surface area contributed by atoms with Crippen molar-refractivity contribution in [3.05, 3.63) is 44.2 Å². The van der Waals surface area contributed by atoms with Crippen molar-refractivity contribution in [1.82, 2.24) is 28.8 Å². The lowest BCUT2D eigenvalue weighted by molar-refractivity contribution is 0.149. The van der Waals surface area contributed by atoms with Crippen molar-refractivity contribution < 1.29 is 0 Å². The van der Waals surface area contributed by atoms with Gasteiger partial charge in [-0.2, -0.15) is 5.10 Å². The smallest absolute Gasteiger partial charge is 0.299 e. The molecule has 1 aliphatic rings. The molecule has 0 aliphatic carbocycles. The highest BCUT2D eigenvalue weighted by atomic mass is 16.2. The largest absolute Gasteiger partial charge is 0.330 e. The molecule has 0 saturated carbocycles. The lowest BCUT2D eigenvalue weighted by Crippen LogP contribution is -2.41. The second-order valence-corrected chi connectivity index (χ2v) is 7.01. The van der Waals surface area contributed by atoms with Gasteiger partial charge < -0.3 is 0 Å². The molecular formula is C17H26N6O2. The molecule has 0 radical (unpaired) electrons. The van der Waals surface area contributed by atoms with Crippen LogP contribution in [0.4, 0.5) is 0 Å². The number of rotatable bonds is 4. The third-order valence-corrected chi connectivity index (χ3v) is 5.01. The van der Waals surface area contributed by atoms with Gasteiger partial charge in [-0.15, -0.1) is 0 Å². The predicted octanol–water partition coefficient (Wildman–Crippen LogP) is 0.205. The Balaban J connectivity index is 1.71. The SMILES string of the molecule is Cc1nc(C)n(CC2CCCN(Cc3cc(=O)n(C)c(=O)n3C)C2)n1. The van der Waals surface area contributed by atoms with E-state index in [0.29, 0.717) is 12.5 Å². The van der Waals surface area contributed by atoms with E-state index >= 15 is 0 Å². The summed E-state index contributed by atoms with van der Waals surface area (Å²) in [5, 5.41) is 4.46. The normalized spacial score (nSPS) is 18.6. The Morgan fingerprint density at radius 2 is 1.96 bits per heavy atom. The van der Waals surface area contributed by atoms with E-state index in [2.05, 4.69) is 15.0 Å². The molecule has 0 amide bonds. The van der Waals surface area contributed by atoms with E-state index in [1.807, 2.05) is 18.5 Å². The molecule has 136 valence electrons. The molecule has 1 unspecified atom stereocenters. The van der Waals surface area contributed by atoms with Crippen LogP contribution in [0.15, 0.2) is 15.7 Å². The monoisotopic (exact) mass is 346 g/mol. The minimum atomic E-state index is -0.273. The Hall–Kier alpha value is -2.22. The van der Waals surface area contributed by atoms with Gasteiger partial charge in [-0.1, -0.05) is 0 Å². The third-order valence-electron chi connectivity index (χ3n) is 5.01. The molecule has 2 aromatic rings. The van der Waals surface area contributed by atoms with Gasteiger partial charge in [0.1, 0.15) is 11.6 Å². The number of aryl methyl sites for hydroxylation is 2. The van der Waals surface area contributed by atoms with Crippen LogP contribution in [-0.4, -0.2) is 41.9 Å². The summed E-state index contributed by atoms with van der Waals surface area (Å²) in [6.45, 7) is 7.28. The number of hydrogen-bond acceptors (Lipinski definition) is 5. The first kappa shape index (κ1) is 17.6. The Kier molecular flexibility index (Phi) is 4.89. The maximum atomic E-state index is 12.1. The molecule has 8 nitrogen and oxygen atoms in total. The second-order valence-electron chi connectivity index (χ2n) is 7.01. The first-order valence-electron chi connectivity index (χ1n) is 8.71. The van der Waals surface area contributed by atoms with Gasteiger partial charge in [-0.3, -0.25) is 18.8 Å². The van der Waals surface area contributed by atoms with Crippen LogP contribution in [-0.2, 0) is 27.2 Å². The van der Waals surface area contributed by atoms with Crippen LogP contribution in [0.3, 0.4) is 0 Å². The van der Waals surface area contributed by atoms with Crippen molar-refractivity contribution in [2.45, 2.75) is 39.8 Å². The molecule has 2 aromatic heterocycles. The Bertz CT molecular complexity index is 878. The molecule has 0 spiro atoms. The predicted molar refractivity (Wildman–Crippen MR) is 94.4 cm³/mol. The summed E-state index contributed by atoms with van der Waals surface area (Å²) in [7, 11) is 3.23. The molecular weight excluding hydrogens is 320 g/mol. The van der Waals surface area contributed by atoms with Crippen LogP contribution in [0.2, 0.25) is 0 Å². The molecule has 1 saturated heterocycles. The molecule has 1 atom stereocenters. The maximum absolute atomic E-state index is 12.1. The molecule has 8 heteroatoms. The van der Waals surface area contributed by atoms with Gasteiger partial charge in [0.2, 0.25) is 0 Å². The summed E-state index contributed by atoms with van der Waals surface area (Å²) in [4.78, 5) is 30.7. The van der Waals surface area contributed by atoms with Crippen LogP contribution < -0.4 is 11.2 Å². The average molecular weight is 346 g/mol. The van der Waals surface area contributed by atoms with Crippen molar-refractivity contribution in [2.75, 3.05) is 13.1 Å².